The molecule has 1 fully saturated rings. The number of likely N-dealkylation sites (N-methyl/N-ethyl adjacent to an activating group) is 1. The van der Waals surface area contributed by atoms with Crippen LogP contribution in [0.1, 0.15) is 32.3 Å². The van der Waals surface area contributed by atoms with Crippen LogP contribution in [0.2, 0.25) is 10.0 Å². The van der Waals surface area contributed by atoms with E-state index in [1.54, 1.807) is 0 Å². The highest BCUT2D eigenvalue weighted by Gasteiger charge is 2.37. The molecular formula is C15H21Cl2NS. The van der Waals surface area contributed by atoms with Crippen molar-refractivity contribution in [3.05, 3.63) is 33.8 Å². The van der Waals surface area contributed by atoms with E-state index in [1.165, 1.54) is 18.6 Å². The summed E-state index contributed by atoms with van der Waals surface area (Å²) in [6.07, 6.45) is 3.46. The minimum atomic E-state index is 0.290. The molecule has 2 atom stereocenters. The summed E-state index contributed by atoms with van der Waals surface area (Å²) >= 11 is 14.7. The summed E-state index contributed by atoms with van der Waals surface area (Å²) < 4.78 is 0.290. The maximum absolute atomic E-state index is 6.31. The molecule has 4 heteroatoms. The van der Waals surface area contributed by atoms with Gasteiger partial charge in [0.15, 0.2) is 0 Å². The van der Waals surface area contributed by atoms with Crippen molar-refractivity contribution in [3.8, 4) is 0 Å². The lowest BCUT2D eigenvalue weighted by Crippen LogP contribution is -2.46. The van der Waals surface area contributed by atoms with Crippen LogP contribution in [0.5, 0.6) is 0 Å². The highest BCUT2D eigenvalue weighted by molar-refractivity contribution is 8.00. The largest absolute Gasteiger partial charge is 0.313 e. The predicted molar refractivity (Wildman–Crippen MR) is 87.7 cm³/mol. The van der Waals surface area contributed by atoms with Gasteiger partial charge >= 0.3 is 0 Å². The smallest absolute Gasteiger partial charge is 0.0453 e. The molecule has 1 heterocycles. The van der Waals surface area contributed by atoms with E-state index in [1.807, 2.05) is 18.2 Å². The average molecular weight is 318 g/mol. The van der Waals surface area contributed by atoms with Crippen LogP contribution in [-0.2, 0) is 6.42 Å². The van der Waals surface area contributed by atoms with Crippen molar-refractivity contribution in [2.75, 3.05) is 12.3 Å². The van der Waals surface area contributed by atoms with Gasteiger partial charge in [-0.15, -0.1) is 0 Å². The van der Waals surface area contributed by atoms with Gasteiger partial charge in [-0.05, 0) is 56.2 Å². The second kappa shape index (κ2) is 6.71. The van der Waals surface area contributed by atoms with Crippen LogP contribution in [-0.4, -0.2) is 23.1 Å². The first kappa shape index (κ1) is 15.5. The molecule has 2 rings (SSSR count). The van der Waals surface area contributed by atoms with Crippen molar-refractivity contribution in [1.29, 1.82) is 0 Å². The number of halogens is 2. The maximum atomic E-state index is 6.31. The Balaban J connectivity index is 2.21. The molecule has 1 aromatic rings. The van der Waals surface area contributed by atoms with Gasteiger partial charge in [-0.1, -0.05) is 36.2 Å². The van der Waals surface area contributed by atoms with Crippen LogP contribution in [0.25, 0.3) is 0 Å². The summed E-state index contributed by atoms with van der Waals surface area (Å²) in [7, 11) is 0. The second-order valence-electron chi connectivity index (χ2n) is 5.28. The second-order valence-corrected chi connectivity index (χ2v) is 7.72. The van der Waals surface area contributed by atoms with Crippen molar-refractivity contribution in [2.45, 2.75) is 43.9 Å². The normalized spacial score (nSPS) is 24.6. The van der Waals surface area contributed by atoms with Gasteiger partial charge in [0.2, 0.25) is 0 Å². The standard InChI is InChI=1S/C15H21Cl2NS/c1-3-18-14(15(2)8-5-9-19-15)10-11-12(16)6-4-7-13(11)17/h4,6-7,14,18H,3,5,8-10H2,1-2H3. The van der Waals surface area contributed by atoms with Crippen molar-refractivity contribution < 1.29 is 0 Å². The molecule has 1 nitrogen and oxygen atoms in total. The third kappa shape index (κ3) is 3.60. The third-order valence-corrected chi connectivity index (χ3v) is 6.26. The van der Waals surface area contributed by atoms with Crippen LogP contribution in [0.3, 0.4) is 0 Å². The Morgan fingerprint density at radius 2 is 2.05 bits per heavy atom. The van der Waals surface area contributed by atoms with Crippen LogP contribution >= 0.6 is 35.0 Å². The van der Waals surface area contributed by atoms with Gasteiger partial charge in [0, 0.05) is 20.8 Å². The van der Waals surface area contributed by atoms with E-state index >= 15 is 0 Å². The Morgan fingerprint density at radius 1 is 1.37 bits per heavy atom. The molecule has 1 aromatic carbocycles. The van der Waals surface area contributed by atoms with Crippen molar-refractivity contribution >= 4 is 35.0 Å². The Bertz CT molecular complexity index is 410. The fourth-order valence-electron chi connectivity index (χ4n) is 2.76. The van der Waals surface area contributed by atoms with Crippen LogP contribution in [0.4, 0.5) is 0 Å². The molecule has 2 unspecified atom stereocenters. The predicted octanol–water partition coefficient (Wildman–Crippen LogP) is 4.80. The fourth-order valence-corrected chi connectivity index (χ4v) is 4.72. The topological polar surface area (TPSA) is 12.0 Å². The van der Waals surface area contributed by atoms with E-state index in [0.717, 1.165) is 28.6 Å². The Kier molecular flexibility index (Phi) is 5.47. The van der Waals surface area contributed by atoms with Crippen LogP contribution < -0.4 is 5.32 Å². The monoisotopic (exact) mass is 317 g/mol. The van der Waals surface area contributed by atoms with Crippen LogP contribution in [0, 0.1) is 0 Å². The number of hydrogen-bond acceptors (Lipinski definition) is 2. The van der Waals surface area contributed by atoms with E-state index in [0.29, 0.717) is 10.8 Å². The summed E-state index contributed by atoms with van der Waals surface area (Å²) in [4.78, 5) is 0. The summed E-state index contributed by atoms with van der Waals surface area (Å²) in [6, 6.07) is 6.18. The van der Waals surface area contributed by atoms with Gasteiger partial charge in [0.05, 0.1) is 0 Å². The lowest BCUT2D eigenvalue weighted by atomic mass is 9.90. The Morgan fingerprint density at radius 3 is 2.58 bits per heavy atom. The molecule has 1 aliphatic heterocycles. The molecule has 0 bridgehead atoms. The molecular weight excluding hydrogens is 297 g/mol. The van der Waals surface area contributed by atoms with E-state index < -0.39 is 0 Å². The zero-order valence-corrected chi connectivity index (χ0v) is 13.8. The van der Waals surface area contributed by atoms with Crippen LogP contribution in [0.15, 0.2) is 18.2 Å². The molecule has 1 aliphatic rings. The molecule has 0 saturated carbocycles. The van der Waals surface area contributed by atoms with Crippen molar-refractivity contribution in [1.82, 2.24) is 5.32 Å². The quantitative estimate of drug-likeness (QED) is 0.837. The van der Waals surface area contributed by atoms with E-state index in [2.05, 4.69) is 30.9 Å². The van der Waals surface area contributed by atoms with Crippen molar-refractivity contribution in [3.63, 3.8) is 0 Å². The zero-order chi connectivity index (χ0) is 13.9. The van der Waals surface area contributed by atoms with E-state index in [9.17, 15) is 0 Å². The molecule has 1 saturated heterocycles. The Labute approximate surface area is 130 Å². The minimum Gasteiger partial charge on any atom is -0.313 e. The maximum Gasteiger partial charge on any atom is 0.0453 e. The SMILES string of the molecule is CCNC(Cc1c(Cl)cccc1Cl)C1(C)CCCS1. The lowest BCUT2D eigenvalue weighted by Gasteiger charge is -2.34. The number of nitrogens with one attached hydrogen (secondary N) is 1. The summed E-state index contributed by atoms with van der Waals surface area (Å²) in [6.45, 7) is 5.50. The van der Waals surface area contributed by atoms with Crippen molar-refractivity contribution in [2.24, 2.45) is 0 Å². The van der Waals surface area contributed by atoms with Gasteiger partial charge in [0.25, 0.3) is 0 Å². The zero-order valence-electron chi connectivity index (χ0n) is 11.5. The molecule has 0 aromatic heterocycles. The first-order valence-corrected chi connectivity index (χ1v) is 8.61. The molecule has 0 amide bonds. The molecule has 19 heavy (non-hydrogen) atoms. The van der Waals surface area contributed by atoms with Gasteiger partial charge in [-0.25, -0.2) is 0 Å². The highest BCUT2D eigenvalue weighted by Crippen LogP contribution is 2.42. The summed E-state index contributed by atoms with van der Waals surface area (Å²) in [5.74, 6) is 1.26. The number of rotatable bonds is 5. The summed E-state index contributed by atoms with van der Waals surface area (Å²) in [5, 5.41) is 5.19. The van der Waals surface area contributed by atoms with E-state index in [-0.39, 0.29) is 0 Å². The van der Waals surface area contributed by atoms with Gasteiger partial charge < -0.3 is 5.32 Å². The van der Waals surface area contributed by atoms with E-state index in [4.69, 9.17) is 23.2 Å². The molecule has 0 spiro atoms. The Hall–Kier alpha value is 0.110. The lowest BCUT2D eigenvalue weighted by molar-refractivity contribution is 0.406. The summed E-state index contributed by atoms with van der Waals surface area (Å²) in [5.41, 5.74) is 1.07. The number of thioether (sulfide) groups is 1. The van der Waals surface area contributed by atoms with Gasteiger partial charge in [-0.2, -0.15) is 11.8 Å². The number of benzene rings is 1. The third-order valence-electron chi connectivity index (χ3n) is 3.91. The first-order valence-electron chi connectivity index (χ1n) is 6.87. The van der Waals surface area contributed by atoms with Gasteiger partial charge in [0.1, 0.15) is 0 Å². The molecule has 1 N–H and O–H groups in total. The first-order chi connectivity index (χ1) is 9.07. The van der Waals surface area contributed by atoms with Gasteiger partial charge in [-0.3, -0.25) is 0 Å². The average Bonchev–Trinajstić information content (AvgIpc) is 2.81. The minimum absolute atomic E-state index is 0.290. The molecule has 106 valence electrons. The highest BCUT2D eigenvalue weighted by atomic mass is 35.5. The molecule has 0 radical (unpaired) electrons. The number of hydrogen-bond donors (Lipinski definition) is 1. The molecule has 0 aliphatic carbocycles. The fraction of sp³-hybridized carbons (Fsp3) is 0.600.